The standard InChI is InChI=1S/C15H14ClNO2S2/c16-13-7-5-12(6-8-13)11-21(18,19)17-9-10-20-15-4-2-1-3-14(15)17/h1-8H,9-11H2. The van der Waals surface area contributed by atoms with Crippen LogP contribution in [0.1, 0.15) is 5.56 Å². The molecule has 0 bridgehead atoms. The van der Waals surface area contributed by atoms with Crippen molar-refractivity contribution in [2.45, 2.75) is 10.6 Å². The molecular weight excluding hydrogens is 326 g/mol. The summed E-state index contributed by atoms with van der Waals surface area (Å²) >= 11 is 7.53. The first-order chi connectivity index (χ1) is 10.1. The Hall–Kier alpha value is -1.17. The van der Waals surface area contributed by atoms with Crippen molar-refractivity contribution < 1.29 is 8.42 Å². The number of anilines is 1. The topological polar surface area (TPSA) is 37.4 Å². The second-order valence-corrected chi connectivity index (χ2v) is 8.24. The number of hydrogen-bond acceptors (Lipinski definition) is 3. The first-order valence-corrected chi connectivity index (χ1v) is 9.50. The van der Waals surface area contributed by atoms with E-state index in [1.54, 1.807) is 36.0 Å². The molecule has 0 spiro atoms. The van der Waals surface area contributed by atoms with Gasteiger partial charge in [0.2, 0.25) is 10.0 Å². The lowest BCUT2D eigenvalue weighted by Gasteiger charge is -2.30. The van der Waals surface area contributed by atoms with Crippen molar-refractivity contribution in [3.63, 3.8) is 0 Å². The average Bonchev–Trinajstić information content (AvgIpc) is 2.49. The molecule has 1 aliphatic heterocycles. The number of benzene rings is 2. The summed E-state index contributed by atoms with van der Waals surface area (Å²) in [6.45, 7) is 0.512. The van der Waals surface area contributed by atoms with E-state index in [9.17, 15) is 8.42 Å². The van der Waals surface area contributed by atoms with Crippen LogP contribution < -0.4 is 4.31 Å². The SMILES string of the molecule is O=S(=O)(Cc1ccc(Cl)cc1)N1CCSc2ccccc21. The summed E-state index contributed by atoms with van der Waals surface area (Å²) in [5, 5.41) is 0.607. The highest BCUT2D eigenvalue weighted by Gasteiger charge is 2.27. The Morgan fingerprint density at radius 2 is 1.81 bits per heavy atom. The maximum absolute atomic E-state index is 12.7. The fourth-order valence-electron chi connectivity index (χ4n) is 2.30. The van der Waals surface area contributed by atoms with Gasteiger partial charge in [-0.25, -0.2) is 8.42 Å². The number of para-hydroxylation sites is 1. The molecule has 0 unspecified atom stereocenters. The Kier molecular flexibility index (Phi) is 4.15. The molecular formula is C15H14ClNO2S2. The molecule has 2 aromatic rings. The van der Waals surface area contributed by atoms with E-state index >= 15 is 0 Å². The highest BCUT2D eigenvalue weighted by Crippen LogP contribution is 2.36. The minimum absolute atomic E-state index is 0.0107. The first kappa shape index (κ1) is 14.8. The number of sulfonamides is 1. The fraction of sp³-hybridized carbons (Fsp3) is 0.200. The van der Waals surface area contributed by atoms with Crippen LogP contribution in [-0.4, -0.2) is 20.7 Å². The lowest BCUT2D eigenvalue weighted by atomic mass is 10.2. The molecule has 0 aliphatic carbocycles. The molecule has 3 rings (SSSR count). The monoisotopic (exact) mass is 339 g/mol. The third-order valence-corrected chi connectivity index (χ3v) is 6.33. The molecule has 0 saturated carbocycles. The Morgan fingerprint density at radius 3 is 2.57 bits per heavy atom. The van der Waals surface area contributed by atoms with Crippen LogP contribution in [0.15, 0.2) is 53.4 Å². The van der Waals surface area contributed by atoms with Crippen molar-refractivity contribution in [2.24, 2.45) is 0 Å². The third-order valence-electron chi connectivity index (χ3n) is 3.28. The molecule has 6 heteroatoms. The normalized spacial score (nSPS) is 14.8. The van der Waals surface area contributed by atoms with Crippen molar-refractivity contribution in [2.75, 3.05) is 16.6 Å². The molecule has 1 aliphatic rings. The Labute approximate surface area is 134 Å². The van der Waals surface area contributed by atoms with E-state index in [0.717, 1.165) is 21.9 Å². The molecule has 0 aromatic heterocycles. The van der Waals surface area contributed by atoms with Crippen LogP contribution >= 0.6 is 23.4 Å². The average molecular weight is 340 g/mol. The summed E-state index contributed by atoms with van der Waals surface area (Å²) in [7, 11) is -3.39. The lowest BCUT2D eigenvalue weighted by molar-refractivity contribution is 0.590. The Bertz CT molecular complexity index is 745. The minimum atomic E-state index is -3.39. The molecule has 2 aromatic carbocycles. The van der Waals surface area contributed by atoms with Gasteiger partial charge in [-0.2, -0.15) is 0 Å². The van der Waals surface area contributed by atoms with E-state index in [2.05, 4.69) is 0 Å². The predicted octanol–water partition coefficient (Wildman–Crippen LogP) is 3.78. The zero-order valence-corrected chi connectivity index (χ0v) is 13.6. The first-order valence-electron chi connectivity index (χ1n) is 6.53. The van der Waals surface area contributed by atoms with E-state index in [0.29, 0.717) is 11.6 Å². The molecule has 0 fully saturated rings. The van der Waals surface area contributed by atoms with Gasteiger partial charge in [-0.1, -0.05) is 35.9 Å². The predicted molar refractivity (Wildman–Crippen MR) is 88.6 cm³/mol. The second kappa shape index (κ2) is 5.91. The van der Waals surface area contributed by atoms with Gasteiger partial charge in [0, 0.05) is 22.2 Å². The largest absolute Gasteiger partial charge is 0.268 e. The van der Waals surface area contributed by atoms with Gasteiger partial charge >= 0.3 is 0 Å². The van der Waals surface area contributed by atoms with Gasteiger partial charge in [0.25, 0.3) is 0 Å². The number of nitrogens with zero attached hydrogens (tertiary/aromatic N) is 1. The van der Waals surface area contributed by atoms with Crippen LogP contribution in [0.2, 0.25) is 5.02 Å². The maximum Gasteiger partial charge on any atom is 0.239 e. The minimum Gasteiger partial charge on any atom is -0.268 e. The maximum atomic E-state index is 12.7. The van der Waals surface area contributed by atoms with Crippen molar-refractivity contribution >= 4 is 39.1 Å². The molecule has 110 valence electrons. The summed E-state index contributed by atoms with van der Waals surface area (Å²) in [5.41, 5.74) is 1.53. The van der Waals surface area contributed by atoms with Gasteiger partial charge in [-0.05, 0) is 29.8 Å². The van der Waals surface area contributed by atoms with Crippen LogP contribution in [0.3, 0.4) is 0 Å². The van der Waals surface area contributed by atoms with Crippen LogP contribution in [-0.2, 0) is 15.8 Å². The number of rotatable bonds is 3. The van der Waals surface area contributed by atoms with Crippen molar-refractivity contribution in [1.29, 1.82) is 0 Å². The molecule has 3 nitrogen and oxygen atoms in total. The van der Waals surface area contributed by atoms with E-state index in [4.69, 9.17) is 11.6 Å². The highest BCUT2D eigenvalue weighted by molar-refractivity contribution is 8.00. The summed E-state index contributed by atoms with van der Waals surface area (Å²) in [4.78, 5) is 1.02. The molecule has 21 heavy (non-hydrogen) atoms. The molecule has 0 radical (unpaired) electrons. The summed E-state index contributed by atoms with van der Waals surface area (Å²) in [5.74, 6) is 0.764. The highest BCUT2D eigenvalue weighted by atomic mass is 35.5. The smallest absolute Gasteiger partial charge is 0.239 e. The Morgan fingerprint density at radius 1 is 1.10 bits per heavy atom. The van der Waals surface area contributed by atoms with Gasteiger partial charge in [0.15, 0.2) is 0 Å². The van der Waals surface area contributed by atoms with Crippen molar-refractivity contribution in [3.8, 4) is 0 Å². The summed E-state index contributed by atoms with van der Waals surface area (Å²) in [6.07, 6.45) is 0. The molecule has 0 N–H and O–H groups in total. The van der Waals surface area contributed by atoms with Crippen LogP contribution in [0.5, 0.6) is 0 Å². The zero-order valence-electron chi connectivity index (χ0n) is 11.2. The molecule has 0 saturated heterocycles. The van der Waals surface area contributed by atoms with E-state index in [-0.39, 0.29) is 5.75 Å². The molecule has 1 heterocycles. The number of thioether (sulfide) groups is 1. The molecule has 0 amide bonds. The molecule has 0 atom stereocenters. The van der Waals surface area contributed by atoms with E-state index in [1.807, 2.05) is 24.3 Å². The van der Waals surface area contributed by atoms with Crippen LogP contribution in [0.4, 0.5) is 5.69 Å². The van der Waals surface area contributed by atoms with Crippen molar-refractivity contribution in [1.82, 2.24) is 0 Å². The van der Waals surface area contributed by atoms with E-state index in [1.165, 1.54) is 4.31 Å². The Balaban J connectivity index is 1.91. The van der Waals surface area contributed by atoms with E-state index < -0.39 is 10.0 Å². The fourth-order valence-corrected chi connectivity index (χ4v) is 5.19. The lowest BCUT2D eigenvalue weighted by Crippen LogP contribution is -2.36. The van der Waals surface area contributed by atoms with Gasteiger partial charge in [-0.3, -0.25) is 4.31 Å². The number of halogens is 1. The zero-order chi connectivity index (χ0) is 14.9. The van der Waals surface area contributed by atoms with Crippen LogP contribution in [0, 0.1) is 0 Å². The number of fused-ring (bicyclic) bond motifs is 1. The summed E-state index contributed by atoms with van der Waals surface area (Å²) < 4.78 is 26.9. The van der Waals surface area contributed by atoms with Gasteiger partial charge in [-0.15, -0.1) is 11.8 Å². The summed E-state index contributed by atoms with van der Waals surface area (Å²) in [6, 6.07) is 14.6. The quantitative estimate of drug-likeness (QED) is 0.854. The second-order valence-electron chi connectivity index (χ2n) is 4.77. The van der Waals surface area contributed by atoms with Crippen LogP contribution in [0.25, 0.3) is 0 Å². The number of hydrogen-bond donors (Lipinski definition) is 0. The third kappa shape index (κ3) is 3.20. The van der Waals surface area contributed by atoms with Gasteiger partial charge < -0.3 is 0 Å². The van der Waals surface area contributed by atoms with Gasteiger partial charge in [0.1, 0.15) is 0 Å². The van der Waals surface area contributed by atoms with Crippen molar-refractivity contribution in [3.05, 3.63) is 59.1 Å². The van der Waals surface area contributed by atoms with Gasteiger partial charge in [0.05, 0.1) is 11.4 Å².